The first kappa shape index (κ1) is 10.6. The van der Waals surface area contributed by atoms with Crippen molar-refractivity contribution in [2.75, 3.05) is 5.43 Å². The summed E-state index contributed by atoms with van der Waals surface area (Å²) in [5, 5.41) is 0. The fourth-order valence-corrected chi connectivity index (χ4v) is 1.29. The van der Waals surface area contributed by atoms with Crippen LogP contribution >= 0.6 is 0 Å². The van der Waals surface area contributed by atoms with Gasteiger partial charge in [0.1, 0.15) is 0 Å². The van der Waals surface area contributed by atoms with Crippen molar-refractivity contribution in [1.82, 2.24) is 4.68 Å². The Labute approximate surface area is 90.3 Å². The molecular formula is C11H9F3N2. The minimum atomic E-state index is -4.29. The zero-order valence-electron chi connectivity index (χ0n) is 8.20. The first-order valence-corrected chi connectivity index (χ1v) is 4.63. The van der Waals surface area contributed by atoms with Crippen molar-refractivity contribution in [1.29, 1.82) is 0 Å². The topological polar surface area (TPSA) is 17.0 Å². The van der Waals surface area contributed by atoms with Gasteiger partial charge in [0.05, 0.1) is 11.3 Å². The lowest BCUT2D eigenvalue weighted by atomic mass is 10.2. The highest BCUT2D eigenvalue weighted by atomic mass is 19.4. The zero-order valence-corrected chi connectivity index (χ0v) is 8.20. The molecule has 0 saturated heterocycles. The molecule has 0 radical (unpaired) electrons. The molecule has 0 amide bonds. The number of nitrogens with zero attached hydrogens (tertiary/aromatic N) is 1. The van der Waals surface area contributed by atoms with Gasteiger partial charge in [-0.25, -0.2) is 0 Å². The summed E-state index contributed by atoms with van der Waals surface area (Å²) in [4.78, 5) is 0. The van der Waals surface area contributed by atoms with E-state index in [2.05, 4.69) is 5.43 Å². The van der Waals surface area contributed by atoms with Gasteiger partial charge in [-0.1, -0.05) is 0 Å². The standard InChI is InChI=1S/C11H9F3N2/c12-11(13,14)9-3-5-10(6-4-9)15-16-7-1-2-8-16/h1-8,15H. The highest BCUT2D eigenvalue weighted by molar-refractivity contribution is 5.44. The smallest absolute Gasteiger partial charge is 0.295 e. The minimum Gasteiger partial charge on any atom is -0.295 e. The van der Waals surface area contributed by atoms with E-state index in [0.29, 0.717) is 5.69 Å². The van der Waals surface area contributed by atoms with Gasteiger partial charge in [0.25, 0.3) is 0 Å². The van der Waals surface area contributed by atoms with Crippen molar-refractivity contribution < 1.29 is 13.2 Å². The number of alkyl halides is 3. The Morgan fingerprint density at radius 1 is 0.938 bits per heavy atom. The van der Waals surface area contributed by atoms with Crippen LogP contribution in [0.25, 0.3) is 0 Å². The van der Waals surface area contributed by atoms with Gasteiger partial charge in [0.2, 0.25) is 0 Å². The molecule has 1 aromatic carbocycles. The summed E-state index contributed by atoms with van der Waals surface area (Å²) in [6.07, 6.45) is -0.763. The highest BCUT2D eigenvalue weighted by Crippen LogP contribution is 2.29. The summed E-state index contributed by atoms with van der Waals surface area (Å²) >= 11 is 0. The third-order valence-electron chi connectivity index (χ3n) is 2.07. The number of benzene rings is 1. The Morgan fingerprint density at radius 2 is 1.50 bits per heavy atom. The number of aromatic nitrogens is 1. The van der Waals surface area contributed by atoms with E-state index in [1.165, 1.54) is 12.1 Å². The SMILES string of the molecule is FC(F)(F)c1ccc(Nn2cccc2)cc1. The van der Waals surface area contributed by atoms with Crippen LogP contribution in [-0.2, 0) is 6.18 Å². The molecule has 0 unspecified atom stereocenters. The minimum absolute atomic E-state index is 0.601. The second-order valence-corrected chi connectivity index (χ2v) is 3.28. The first-order chi connectivity index (χ1) is 7.55. The lowest BCUT2D eigenvalue weighted by Gasteiger charge is -2.09. The van der Waals surface area contributed by atoms with E-state index in [1.54, 1.807) is 17.1 Å². The average molecular weight is 226 g/mol. The molecule has 2 rings (SSSR count). The van der Waals surface area contributed by atoms with E-state index >= 15 is 0 Å². The van der Waals surface area contributed by atoms with E-state index in [-0.39, 0.29) is 0 Å². The van der Waals surface area contributed by atoms with Gasteiger partial charge in [0, 0.05) is 12.4 Å². The number of hydrogen-bond acceptors (Lipinski definition) is 1. The van der Waals surface area contributed by atoms with Gasteiger partial charge in [-0.2, -0.15) is 13.2 Å². The number of hydrogen-bond donors (Lipinski definition) is 1. The van der Waals surface area contributed by atoms with Crippen molar-refractivity contribution in [3.63, 3.8) is 0 Å². The molecule has 0 aliphatic heterocycles. The van der Waals surface area contributed by atoms with E-state index in [4.69, 9.17) is 0 Å². The van der Waals surface area contributed by atoms with Gasteiger partial charge in [0.15, 0.2) is 0 Å². The van der Waals surface area contributed by atoms with E-state index in [1.807, 2.05) is 12.1 Å². The molecule has 0 bridgehead atoms. The number of anilines is 1. The fourth-order valence-electron chi connectivity index (χ4n) is 1.29. The third kappa shape index (κ3) is 2.36. The summed E-state index contributed by atoms with van der Waals surface area (Å²) in [5.74, 6) is 0. The molecule has 0 spiro atoms. The van der Waals surface area contributed by atoms with E-state index < -0.39 is 11.7 Å². The van der Waals surface area contributed by atoms with Crippen LogP contribution in [0.15, 0.2) is 48.8 Å². The molecule has 1 N–H and O–H groups in total. The van der Waals surface area contributed by atoms with Crippen LogP contribution in [0.5, 0.6) is 0 Å². The molecule has 1 aromatic heterocycles. The van der Waals surface area contributed by atoms with Gasteiger partial charge in [-0.15, -0.1) is 0 Å². The van der Waals surface area contributed by atoms with Crippen LogP contribution in [-0.4, -0.2) is 4.68 Å². The maximum Gasteiger partial charge on any atom is 0.416 e. The van der Waals surface area contributed by atoms with Crippen molar-refractivity contribution in [3.8, 4) is 0 Å². The summed E-state index contributed by atoms with van der Waals surface area (Å²) < 4.78 is 38.5. The zero-order chi connectivity index (χ0) is 11.6. The molecule has 0 saturated carbocycles. The second-order valence-electron chi connectivity index (χ2n) is 3.28. The first-order valence-electron chi connectivity index (χ1n) is 4.63. The molecule has 0 aliphatic rings. The number of halogens is 3. The van der Waals surface area contributed by atoms with Crippen LogP contribution in [0.3, 0.4) is 0 Å². The second kappa shape index (κ2) is 3.92. The molecular weight excluding hydrogens is 217 g/mol. The van der Waals surface area contributed by atoms with Gasteiger partial charge >= 0.3 is 6.18 Å². The fraction of sp³-hybridized carbons (Fsp3) is 0.0909. The van der Waals surface area contributed by atoms with Gasteiger partial charge in [-0.3, -0.25) is 10.1 Å². The Hall–Kier alpha value is -1.91. The quantitative estimate of drug-likeness (QED) is 0.830. The van der Waals surface area contributed by atoms with Crippen molar-refractivity contribution in [2.45, 2.75) is 6.18 Å². The largest absolute Gasteiger partial charge is 0.416 e. The van der Waals surface area contributed by atoms with Gasteiger partial charge in [-0.05, 0) is 36.4 Å². The third-order valence-corrected chi connectivity index (χ3v) is 2.07. The van der Waals surface area contributed by atoms with Crippen LogP contribution in [0.2, 0.25) is 0 Å². The molecule has 2 aromatic rings. The monoisotopic (exact) mass is 226 g/mol. The Kier molecular flexibility index (Phi) is 2.60. The van der Waals surface area contributed by atoms with Crippen LogP contribution in [0, 0.1) is 0 Å². The molecule has 1 heterocycles. The Balaban J connectivity index is 2.14. The molecule has 5 heteroatoms. The Bertz CT molecular complexity index is 443. The van der Waals surface area contributed by atoms with Crippen LogP contribution < -0.4 is 5.43 Å². The van der Waals surface area contributed by atoms with Crippen LogP contribution in [0.4, 0.5) is 18.9 Å². The summed E-state index contributed by atoms with van der Waals surface area (Å²) in [5.41, 5.74) is 2.87. The highest BCUT2D eigenvalue weighted by Gasteiger charge is 2.29. The Morgan fingerprint density at radius 3 is 2.00 bits per heavy atom. The maximum absolute atomic E-state index is 12.3. The molecule has 2 nitrogen and oxygen atoms in total. The normalized spacial score (nSPS) is 11.4. The lowest BCUT2D eigenvalue weighted by Crippen LogP contribution is -2.07. The molecule has 0 atom stereocenters. The van der Waals surface area contributed by atoms with Gasteiger partial charge < -0.3 is 0 Å². The van der Waals surface area contributed by atoms with Crippen LogP contribution in [0.1, 0.15) is 5.56 Å². The lowest BCUT2D eigenvalue weighted by molar-refractivity contribution is -0.137. The van der Waals surface area contributed by atoms with Crippen molar-refractivity contribution in [3.05, 3.63) is 54.4 Å². The summed E-state index contributed by atoms with van der Waals surface area (Å²) in [6.45, 7) is 0. The molecule has 84 valence electrons. The average Bonchev–Trinajstić information content (AvgIpc) is 2.70. The summed E-state index contributed by atoms with van der Waals surface area (Å²) in [6, 6.07) is 8.51. The van der Waals surface area contributed by atoms with E-state index in [9.17, 15) is 13.2 Å². The molecule has 0 aliphatic carbocycles. The molecule has 16 heavy (non-hydrogen) atoms. The number of rotatable bonds is 2. The van der Waals surface area contributed by atoms with Crippen molar-refractivity contribution >= 4 is 5.69 Å². The van der Waals surface area contributed by atoms with Crippen molar-refractivity contribution in [2.24, 2.45) is 0 Å². The predicted octanol–water partition coefficient (Wildman–Crippen LogP) is 3.38. The number of nitrogens with one attached hydrogen (secondary N) is 1. The maximum atomic E-state index is 12.3. The summed E-state index contributed by atoms with van der Waals surface area (Å²) in [7, 11) is 0. The molecule has 0 fully saturated rings. The van der Waals surface area contributed by atoms with E-state index in [0.717, 1.165) is 12.1 Å². The predicted molar refractivity (Wildman–Crippen MR) is 54.9 cm³/mol.